The highest BCUT2D eigenvalue weighted by Gasteiger charge is 2.19. The Kier molecular flexibility index (Phi) is 29.7. The van der Waals surface area contributed by atoms with Gasteiger partial charge in [0.15, 0.2) is 6.10 Å². The predicted molar refractivity (Wildman–Crippen MR) is 173 cm³/mol. The molecule has 0 amide bonds. The fourth-order valence-electron chi connectivity index (χ4n) is 5.00. The molecular weight excluding hydrogens is 528 g/mol. The number of hydrogen-bond donors (Lipinski definition) is 0. The third kappa shape index (κ3) is 28.5. The molecule has 0 bridgehead atoms. The summed E-state index contributed by atoms with van der Waals surface area (Å²) in [5.74, 6) is -0.0425. The van der Waals surface area contributed by atoms with Crippen LogP contribution < -0.4 is 0 Å². The first kappa shape index (κ1) is 40.4. The van der Waals surface area contributed by atoms with E-state index in [-0.39, 0.29) is 31.1 Å². The molecule has 0 aromatic heterocycles. The Labute approximate surface area is 259 Å². The number of esters is 3. The van der Waals surface area contributed by atoms with Gasteiger partial charge in [0.05, 0.1) is 0 Å². The summed E-state index contributed by atoms with van der Waals surface area (Å²) in [6, 6.07) is 0. The molecule has 2 atom stereocenters. The maximum absolute atomic E-state index is 12.4. The van der Waals surface area contributed by atoms with E-state index in [2.05, 4.69) is 27.7 Å². The van der Waals surface area contributed by atoms with Gasteiger partial charge in [-0.2, -0.15) is 0 Å². The first-order chi connectivity index (χ1) is 20.4. The molecule has 0 aliphatic heterocycles. The summed E-state index contributed by atoms with van der Waals surface area (Å²) in [4.78, 5) is 37.0. The Morgan fingerprint density at radius 3 is 1.24 bits per heavy atom. The van der Waals surface area contributed by atoms with Crippen LogP contribution >= 0.6 is 0 Å². The zero-order valence-electron chi connectivity index (χ0n) is 28.2. The van der Waals surface area contributed by atoms with Gasteiger partial charge >= 0.3 is 17.9 Å². The highest BCUT2D eigenvalue weighted by Crippen LogP contribution is 2.15. The van der Waals surface area contributed by atoms with Crippen molar-refractivity contribution in [3.05, 3.63) is 0 Å². The van der Waals surface area contributed by atoms with Gasteiger partial charge < -0.3 is 14.2 Å². The van der Waals surface area contributed by atoms with Crippen molar-refractivity contribution < 1.29 is 28.6 Å². The van der Waals surface area contributed by atoms with Gasteiger partial charge in [-0.05, 0) is 25.2 Å². The first-order valence-electron chi connectivity index (χ1n) is 17.9. The maximum atomic E-state index is 12.4. The molecule has 0 aromatic carbocycles. The minimum atomic E-state index is -0.754. The van der Waals surface area contributed by atoms with Crippen molar-refractivity contribution in [3.8, 4) is 0 Å². The monoisotopic (exact) mass is 597 g/mol. The predicted octanol–water partition coefficient (Wildman–Crippen LogP) is 10.4. The number of carbonyl (C=O) groups excluding carboxylic acids is 3. The summed E-state index contributed by atoms with van der Waals surface area (Å²) in [7, 11) is 0. The molecular formula is C36H68O6. The molecule has 42 heavy (non-hydrogen) atoms. The number of unbranched alkanes of at least 4 members (excludes halogenated alkanes) is 17. The van der Waals surface area contributed by atoms with Crippen LogP contribution in [0.4, 0.5) is 0 Å². The van der Waals surface area contributed by atoms with Gasteiger partial charge in [-0.1, -0.05) is 150 Å². The molecule has 0 N–H and O–H groups in total. The summed E-state index contributed by atoms with van der Waals surface area (Å²) in [6.45, 7) is 8.83. The quantitative estimate of drug-likeness (QED) is 0.0450. The molecule has 0 aromatic rings. The summed E-state index contributed by atoms with van der Waals surface area (Å²) in [5, 5.41) is 0. The number of rotatable bonds is 31. The van der Waals surface area contributed by atoms with E-state index in [9.17, 15) is 14.4 Å². The van der Waals surface area contributed by atoms with Crippen LogP contribution in [0.5, 0.6) is 0 Å². The zero-order chi connectivity index (χ0) is 31.1. The number of hydrogen-bond acceptors (Lipinski definition) is 6. The Bertz CT molecular complexity index is 634. The SMILES string of the molecule is CCCCCCCCCC(=O)O[C@@H](COC(=O)CCCCCCC)COC(=O)CCCCCCCCCCC(C)CC. The lowest BCUT2D eigenvalue weighted by atomic mass is 9.99. The van der Waals surface area contributed by atoms with Crippen LogP contribution in [-0.2, 0) is 28.6 Å². The van der Waals surface area contributed by atoms with Crippen molar-refractivity contribution in [1.82, 2.24) is 0 Å². The molecule has 0 spiro atoms. The van der Waals surface area contributed by atoms with Crippen LogP contribution in [0.2, 0.25) is 0 Å². The Morgan fingerprint density at radius 2 is 0.833 bits per heavy atom. The van der Waals surface area contributed by atoms with Crippen molar-refractivity contribution in [2.24, 2.45) is 5.92 Å². The summed E-state index contributed by atoms with van der Waals surface area (Å²) in [6.07, 6.45) is 25.5. The van der Waals surface area contributed by atoms with Gasteiger partial charge in [0.1, 0.15) is 13.2 Å². The van der Waals surface area contributed by atoms with E-state index in [1.54, 1.807) is 0 Å². The molecule has 0 heterocycles. The Morgan fingerprint density at radius 1 is 0.476 bits per heavy atom. The fourth-order valence-corrected chi connectivity index (χ4v) is 5.00. The molecule has 6 heteroatoms. The Hall–Kier alpha value is -1.59. The van der Waals surface area contributed by atoms with Gasteiger partial charge in [0.2, 0.25) is 0 Å². The van der Waals surface area contributed by atoms with Crippen molar-refractivity contribution in [2.45, 2.75) is 194 Å². The lowest BCUT2D eigenvalue weighted by Gasteiger charge is -2.18. The van der Waals surface area contributed by atoms with Gasteiger partial charge in [-0.25, -0.2) is 0 Å². The second-order valence-electron chi connectivity index (χ2n) is 12.4. The van der Waals surface area contributed by atoms with Crippen LogP contribution in [0.25, 0.3) is 0 Å². The summed E-state index contributed by atoms with van der Waals surface area (Å²) in [5.41, 5.74) is 0. The molecule has 0 aliphatic carbocycles. The summed E-state index contributed by atoms with van der Waals surface area (Å²) < 4.78 is 16.4. The van der Waals surface area contributed by atoms with Crippen LogP contribution in [-0.4, -0.2) is 37.2 Å². The summed E-state index contributed by atoms with van der Waals surface area (Å²) >= 11 is 0. The minimum Gasteiger partial charge on any atom is -0.462 e. The minimum absolute atomic E-state index is 0.0674. The molecule has 248 valence electrons. The van der Waals surface area contributed by atoms with Crippen LogP contribution in [0.1, 0.15) is 188 Å². The van der Waals surface area contributed by atoms with E-state index in [0.717, 1.165) is 70.1 Å². The average Bonchev–Trinajstić information content (AvgIpc) is 2.98. The highest BCUT2D eigenvalue weighted by atomic mass is 16.6. The van der Waals surface area contributed by atoms with Gasteiger partial charge in [0, 0.05) is 19.3 Å². The topological polar surface area (TPSA) is 78.9 Å². The lowest BCUT2D eigenvalue weighted by Crippen LogP contribution is -2.30. The maximum Gasteiger partial charge on any atom is 0.306 e. The van der Waals surface area contributed by atoms with Crippen molar-refractivity contribution in [2.75, 3.05) is 13.2 Å². The lowest BCUT2D eigenvalue weighted by molar-refractivity contribution is -0.167. The third-order valence-electron chi connectivity index (χ3n) is 8.15. The molecule has 0 saturated carbocycles. The molecule has 0 radical (unpaired) electrons. The molecule has 1 unspecified atom stereocenters. The van der Waals surface area contributed by atoms with E-state index < -0.39 is 6.10 Å². The highest BCUT2D eigenvalue weighted by molar-refractivity contribution is 5.71. The zero-order valence-corrected chi connectivity index (χ0v) is 28.2. The van der Waals surface area contributed by atoms with E-state index in [1.807, 2.05) is 0 Å². The van der Waals surface area contributed by atoms with Crippen LogP contribution in [0, 0.1) is 5.92 Å². The smallest absolute Gasteiger partial charge is 0.306 e. The molecule has 0 aliphatic rings. The van der Waals surface area contributed by atoms with E-state index in [1.165, 1.54) is 77.0 Å². The number of carbonyl (C=O) groups is 3. The largest absolute Gasteiger partial charge is 0.462 e. The van der Waals surface area contributed by atoms with Crippen LogP contribution in [0.15, 0.2) is 0 Å². The average molecular weight is 597 g/mol. The molecule has 0 fully saturated rings. The molecule has 6 nitrogen and oxygen atoms in total. The standard InChI is InChI=1S/C36H68O6/c1-5-8-10-12-15-21-25-29-36(39)42-33(30-40-34(37)27-23-18-11-9-6-2)31-41-35(38)28-24-20-17-14-13-16-19-22-26-32(4)7-3/h32-33H,5-31H2,1-4H3/t32?,33-/m0/s1. The van der Waals surface area contributed by atoms with E-state index in [4.69, 9.17) is 14.2 Å². The fraction of sp³-hybridized carbons (Fsp3) is 0.917. The van der Waals surface area contributed by atoms with E-state index in [0.29, 0.717) is 19.3 Å². The van der Waals surface area contributed by atoms with Crippen molar-refractivity contribution >= 4 is 17.9 Å². The van der Waals surface area contributed by atoms with Gasteiger partial charge in [0.25, 0.3) is 0 Å². The third-order valence-corrected chi connectivity index (χ3v) is 8.15. The van der Waals surface area contributed by atoms with Gasteiger partial charge in [-0.3, -0.25) is 14.4 Å². The van der Waals surface area contributed by atoms with Crippen molar-refractivity contribution in [3.63, 3.8) is 0 Å². The van der Waals surface area contributed by atoms with Gasteiger partial charge in [-0.15, -0.1) is 0 Å². The van der Waals surface area contributed by atoms with E-state index >= 15 is 0 Å². The first-order valence-corrected chi connectivity index (χ1v) is 17.9. The molecule has 0 saturated heterocycles. The normalized spacial score (nSPS) is 12.6. The Balaban J connectivity index is 4.27. The van der Waals surface area contributed by atoms with Crippen molar-refractivity contribution in [1.29, 1.82) is 0 Å². The molecule has 0 rings (SSSR count). The second-order valence-corrected chi connectivity index (χ2v) is 12.4. The number of ether oxygens (including phenoxy) is 3. The second kappa shape index (κ2) is 30.9. The van der Waals surface area contributed by atoms with Crippen LogP contribution in [0.3, 0.4) is 0 Å².